The Morgan fingerprint density at radius 2 is 1.86 bits per heavy atom. The molecule has 0 unspecified atom stereocenters. The van der Waals surface area contributed by atoms with Crippen LogP contribution >= 0.6 is 0 Å². The highest BCUT2D eigenvalue weighted by molar-refractivity contribution is 6.09. The van der Waals surface area contributed by atoms with Crippen molar-refractivity contribution in [3.8, 4) is 0 Å². The number of nitrogens with zero attached hydrogens (tertiary/aromatic N) is 3. The number of nitrogens with one attached hydrogen (secondary N) is 2. The lowest BCUT2D eigenvalue weighted by atomic mass is 10.2. The van der Waals surface area contributed by atoms with Gasteiger partial charge in [-0.15, -0.1) is 0 Å². The molecule has 0 saturated heterocycles. The van der Waals surface area contributed by atoms with Crippen molar-refractivity contribution in [3.63, 3.8) is 0 Å². The van der Waals surface area contributed by atoms with Crippen molar-refractivity contribution in [3.05, 3.63) is 48.3 Å². The molecule has 0 aliphatic carbocycles. The Morgan fingerprint density at radius 3 is 2.62 bits per heavy atom. The highest BCUT2D eigenvalue weighted by Gasteiger charge is 2.19. The van der Waals surface area contributed by atoms with Gasteiger partial charge in [0.2, 0.25) is 0 Å². The highest BCUT2D eigenvalue weighted by Crippen LogP contribution is 2.16. The molecule has 2 aromatic heterocycles. The molecule has 3 aromatic rings. The normalized spacial score (nSPS) is 10.5. The second kappa shape index (κ2) is 5.00. The van der Waals surface area contributed by atoms with Crippen molar-refractivity contribution in [2.75, 3.05) is 5.32 Å². The molecule has 21 heavy (non-hydrogen) atoms. The van der Waals surface area contributed by atoms with Gasteiger partial charge in [-0.2, -0.15) is 0 Å². The number of aromatic amines is 1. The minimum absolute atomic E-state index is 0.179. The van der Waals surface area contributed by atoms with E-state index in [-0.39, 0.29) is 11.4 Å². The molecule has 104 valence electrons. The molecule has 8 nitrogen and oxygen atoms in total. The summed E-state index contributed by atoms with van der Waals surface area (Å²) in [7, 11) is 0. The number of hydrogen-bond acceptors (Lipinski definition) is 5. The third-order valence-corrected chi connectivity index (χ3v) is 2.80. The largest absolute Gasteiger partial charge is 0.477 e. The number of amides is 1. The Morgan fingerprint density at radius 1 is 1.10 bits per heavy atom. The van der Waals surface area contributed by atoms with Crippen molar-refractivity contribution in [2.45, 2.75) is 0 Å². The topological polar surface area (TPSA) is 121 Å². The minimum atomic E-state index is -1.25. The van der Waals surface area contributed by atoms with Crippen LogP contribution in [0, 0.1) is 0 Å². The lowest BCUT2D eigenvalue weighted by Crippen LogP contribution is -2.16. The third-order valence-electron chi connectivity index (χ3n) is 2.80. The van der Waals surface area contributed by atoms with Gasteiger partial charge in [-0.05, 0) is 18.2 Å². The summed E-state index contributed by atoms with van der Waals surface area (Å²) < 4.78 is 0. The van der Waals surface area contributed by atoms with E-state index >= 15 is 0 Å². The summed E-state index contributed by atoms with van der Waals surface area (Å²) in [5, 5.41) is 11.5. The number of carboxylic acid groups (broad SMARTS) is 1. The third kappa shape index (κ3) is 2.41. The van der Waals surface area contributed by atoms with Gasteiger partial charge in [-0.1, -0.05) is 0 Å². The van der Waals surface area contributed by atoms with Crippen LogP contribution in [0.15, 0.2) is 36.9 Å². The van der Waals surface area contributed by atoms with Crippen LogP contribution in [0.3, 0.4) is 0 Å². The number of H-pyrrole nitrogens is 1. The monoisotopic (exact) mass is 283 g/mol. The highest BCUT2D eigenvalue weighted by atomic mass is 16.4. The van der Waals surface area contributed by atoms with Crippen LogP contribution in [0.4, 0.5) is 5.69 Å². The van der Waals surface area contributed by atoms with Gasteiger partial charge in [0.15, 0.2) is 11.4 Å². The van der Waals surface area contributed by atoms with Crippen molar-refractivity contribution in [1.29, 1.82) is 0 Å². The second-order valence-corrected chi connectivity index (χ2v) is 4.15. The van der Waals surface area contributed by atoms with Crippen LogP contribution in [-0.2, 0) is 0 Å². The van der Waals surface area contributed by atoms with Gasteiger partial charge in [0.05, 0.1) is 17.4 Å². The van der Waals surface area contributed by atoms with E-state index in [1.165, 1.54) is 0 Å². The Hall–Kier alpha value is -3.29. The lowest BCUT2D eigenvalue weighted by molar-refractivity contribution is 0.0686. The van der Waals surface area contributed by atoms with E-state index < -0.39 is 11.9 Å². The Bertz CT molecular complexity index is 842. The van der Waals surface area contributed by atoms with E-state index in [9.17, 15) is 9.59 Å². The predicted octanol–water partition coefficient (Wildman–Crippen LogP) is 1.30. The maximum Gasteiger partial charge on any atom is 0.354 e. The van der Waals surface area contributed by atoms with Crippen molar-refractivity contribution >= 4 is 28.6 Å². The SMILES string of the molecule is O=C(Nc1ccc2nccnc2c1)c1nc[nH]c1C(=O)O. The number of carbonyl (C=O) groups excluding carboxylic acids is 1. The van der Waals surface area contributed by atoms with Gasteiger partial charge in [-0.25, -0.2) is 9.78 Å². The van der Waals surface area contributed by atoms with E-state index in [0.717, 1.165) is 6.33 Å². The molecule has 3 rings (SSSR count). The second-order valence-electron chi connectivity index (χ2n) is 4.15. The fraction of sp³-hybridized carbons (Fsp3) is 0. The van der Waals surface area contributed by atoms with Gasteiger partial charge in [-0.3, -0.25) is 14.8 Å². The number of carbonyl (C=O) groups is 2. The fourth-order valence-electron chi connectivity index (χ4n) is 1.86. The number of carboxylic acids is 1. The van der Waals surface area contributed by atoms with Crippen LogP contribution in [0.25, 0.3) is 11.0 Å². The molecule has 1 amide bonds. The molecule has 3 N–H and O–H groups in total. The Kier molecular flexibility index (Phi) is 3.03. The van der Waals surface area contributed by atoms with Gasteiger partial charge >= 0.3 is 5.97 Å². The number of aromatic carboxylic acids is 1. The van der Waals surface area contributed by atoms with E-state index in [0.29, 0.717) is 16.7 Å². The summed E-state index contributed by atoms with van der Waals surface area (Å²) in [5.74, 6) is -1.86. The molecule has 0 fully saturated rings. The molecule has 0 saturated carbocycles. The number of benzene rings is 1. The van der Waals surface area contributed by atoms with Crippen LogP contribution in [-0.4, -0.2) is 36.9 Å². The summed E-state index contributed by atoms with van der Waals surface area (Å²) in [5.41, 5.74) is 1.36. The summed E-state index contributed by atoms with van der Waals surface area (Å²) in [4.78, 5) is 37.4. The molecule has 8 heteroatoms. The summed E-state index contributed by atoms with van der Waals surface area (Å²) in [6.07, 6.45) is 4.28. The molecule has 0 spiro atoms. The smallest absolute Gasteiger partial charge is 0.354 e. The minimum Gasteiger partial charge on any atom is -0.477 e. The summed E-state index contributed by atoms with van der Waals surface area (Å²) in [6, 6.07) is 5.01. The van der Waals surface area contributed by atoms with Crippen LogP contribution in [0.2, 0.25) is 0 Å². The summed E-state index contributed by atoms with van der Waals surface area (Å²) >= 11 is 0. The van der Waals surface area contributed by atoms with Gasteiger partial charge in [0.1, 0.15) is 0 Å². The molecular formula is C13H9N5O3. The predicted molar refractivity (Wildman–Crippen MR) is 73.0 cm³/mol. The number of rotatable bonds is 3. The van der Waals surface area contributed by atoms with Crippen molar-refractivity contribution in [1.82, 2.24) is 19.9 Å². The number of aromatic nitrogens is 4. The average Bonchev–Trinajstić information content (AvgIpc) is 2.97. The van der Waals surface area contributed by atoms with Gasteiger partial charge in [0, 0.05) is 18.1 Å². The molecule has 0 bridgehead atoms. The first-order valence-corrected chi connectivity index (χ1v) is 5.94. The van der Waals surface area contributed by atoms with E-state index in [1.807, 2.05) is 0 Å². The number of fused-ring (bicyclic) bond motifs is 1. The molecule has 0 aliphatic rings. The number of anilines is 1. The van der Waals surface area contributed by atoms with Crippen LogP contribution in [0.5, 0.6) is 0 Å². The zero-order chi connectivity index (χ0) is 14.8. The number of imidazole rings is 1. The van der Waals surface area contributed by atoms with Crippen molar-refractivity contribution < 1.29 is 14.7 Å². The van der Waals surface area contributed by atoms with E-state index in [2.05, 4.69) is 25.3 Å². The van der Waals surface area contributed by atoms with E-state index in [1.54, 1.807) is 30.6 Å². The molecule has 0 atom stereocenters. The fourth-order valence-corrected chi connectivity index (χ4v) is 1.86. The van der Waals surface area contributed by atoms with Crippen molar-refractivity contribution in [2.24, 2.45) is 0 Å². The molecule has 2 heterocycles. The summed E-state index contributed by atoms with van der Waals surface area (Å²) in [6.45, 7) is 0. The molecule has 0 aliphatic heterocycles. The zero-order valence-corrected chi connectivity index (χ0v) is 10.6. The first-order valence-electron chi connectivity index (χ1n) is 5.94. The Labute approximate surface area is 117 Å². The Balaban J connectivity index is 1.89. The van der Waals surface area contributed by atoms with Gasteiger partial charge in [0.25, 0.3) is 5.91 Å². The quantitative estimate of drug-likeness (QED) is 0.666. The first-order chi connectivity index (χ1) is 10.1. The van der Waals surface area contributed by atoms with Gasteiger partial charge < -0.3 is 15.4 Å². The molecule has 1 aromatic carbocycles. The maximum atomic E-state index is 12.0. The number of hydrogen-bond donors (Lipinski definition) is 3. The standard InChI is InChI=1S/C13H9N5O3/c19-12(10-11(13(20)21)17-6-16-10)18-7-1-2-8-9(5-7)15-4-3-14-8/h1-6H,(H,16,17)(H,18,19)(H,20,21). The van der Waals surface area contributed by atoms with Crippen LogP contribution in [0.1, 0.15) is 21.0 Å². The van der Waals surface area contributed by atoms with Crippen LogP contribution < -0.4 is 5.32 Å². The maximum absolute atomic E-state index is 12.0. The molecule has 0 radical (unpaired) electrons. The van der Waals surface area contributed by atoms with E-state index in [4.69, 9.17) is 5.11 Å². The zero-order valence-electron chi connectivity index (χ0n) is 10.6. The lowest BCUT2D eigenvalue weighted by Gasteiger charge is -2.05. The molecular weight excluding hydrogens is 274 g/mol. The first kappa shape index (κ1) is 12.7. The average molecular weight is 283 g/mol.